The van der Waals surface area contributed by atoms with Crippen LogP contribution >= 0.6 is 11.6 Å². The zero-order chi connectivity index (χ0) is 24.1. The number of hydrogen-bond donors (Lipinski definition) is 2. The number of hydrogen-bond acceptors (Lipinski definition) is 5. The predicted molar refractivity (Wildman–Crippen MR) is 140 cm³/mol. The van der Waals surface area contributed by atoms with Crippen molar-refractivity contribution >= 4 is 28.2 Å². The molecule has 4 aromatic rings. The largest absolute Gasteiger partial charge is 0.390 e. The molecule has 7 heteroatoms. The van der Waals surface area contributed by atoms with E-state index in [1.807, 2.05) is 23.0 Å². The van der Waals surface area contributed by atoms with Gasteiger partial charge in [-0.15, -0.1) is 11.6 Å². The standard InChI is InChI=1S/C27H32ClN5O/c1-4-5-8-20-9-6-11-23(31-20)19-13-24(29-18-27(2,3)17-28)22-15-30-33(25(22)14-19)26-12-7-10-21(16-34)32-26/h6-7,9-15,29,34H,4-5,8,16-18H2,1-3H3. The molecule has 34 heavy (non-hydrogen) atoms. The summed E-state index contributed by atoms with van der Waals surface area (Å²) >= 11 is 6.18. The van der Waals surface area contributed by atoms with Crippen LogP contribution in [0.4, 0.5) is 5.69 Å². The van der Waals surface area contributed by atoms with Crippen molar-refractivity contribution in [3.63, 3.8) is 0 Å². The van der Waals surface area contributed by atoms with Crippen LogP contribution in [0.1, 0.15) is 45.0 Å². The lowest BCUT2D eigenvalue weighted by Gasteiger charge is -2.23. The predicted octanol–water partition coefficient (Wildman–Crippen LogP) is 5.99. The number of anilines is 1. The van der Waals surface area contributed by atoms with E-state index in [-0.39, 0.29) is 12.0 Å². The normalized spacial score (nSPS) is 11.8. The molecule has 2 N–H and O–H groups in total. The Kier molecular flexibility index (Phi) is 7.49. The van der Waals surface area contributed by atoms with Gasteiger partial charge >= 0.3 is 0 Å². The lowest BCUT2D eigenvalue weighted by Crippen LogP contribution is -2.24. The second-order valence-electron chi connectivity index (χ2n) is 9.43. The number of aromatic nitrogens is 4. The molecular formula is C27H32ClN5O. The Morgan fingerprint density at radius 1 is 1.06 bits per heavy atom. The van der Waals surface area contributed by atoms with Crippen molar-refractivity contribution in [3.05, 3.63) is 66.1 Å². The highest BCUT2D eigenvalue weighted by Crippen LogP contribution is 2.32. The second kappa shape index (κ2) is 10.5. The zero-order valence-electron chi connectivity index (χ0n) is 20.1. The van der Waals surface area contributed by atoms with Crippen molar-refractivity contribution in [1.29, 1.82) is 0 Å². The first kappa shape index (κ1) is 24.2. The Balaban J connectivity index is 1.84. The monoisotopic (exact) mass is 477 g/mol. The van der Waals surface area contributed by atoms with Gasteiger partial charge in [0.1, 0.15) is 0 Å². The molecule has 1 aromatic carbocycles. The van der Waals surface area contributed by atoms with Crippen molar-refractivity contribution in [2.24, 2.45) is 5.41 Å². The van der Waals surface area contributed by atoms with Crippen LogP contribution in [0.5, 0.6) is 0 Å². The number of nitrogens with one attached hydrogen (secondary N) is 1. The third-order valence-electron chi connectivity index (χ3n) is 5.87. The minimum absolute atomic E-state index is 0.0603. The highest BCUT2D eigenvalue weighted by atomic mass is 35.5. The van der Waals surface area contributed by atoms with Crippen LogP contribution < -0.4 is 5.32 Å². The van der Waals surface area contributed by atoms with E-state index in [1.54, 1.807) is 6.07 Å². The highest BCUT2D eigenvalue weighted by molar-refractivity contribution is 6.18. The topological polar surface area (TPSA) is 75.9 Å². The molecule has 0 aliphatic carbocycles. The minimum atomic E-state index is -0.118. The molecular weight excluding hydrogens is 446 g/mol. The molecule has 3 heterocycles. The number of nitrogens with zero attached hydrogens (tertiary/aromatic N) is 4. The Labute approximate surface area is 206 Å². The van der Waals surface area contributed by atoms with E-state index in [4.69, 9.17) is 16.6 Å². The summed E-state index contributed by atoms with van der Waals surface area (Å²) in [5.74, 6) is 1.22. The van der Waals surface area contributed by atoms with E-state index in [1.165, 1.54) is 0 Å². The van der Waals surface area contributed by atoms with Gasteiger partial charge in [0.15, 0.2) is 5.82 Å². The van der Waals surface area contributed by atoms with Gasteiger partial charge in [0.25, 0.3) is 0 Å². The number of fused-ring (bicyclic) bond motifs is 1. The zero-order valence-corrected chi connectivity index (χ0v) is 20.8. The molecule has 0 aliphatic heterocycles. The molecule has 0 amide bonds. The Morgan fingerprint density at radius 2 is 1.85 bits per heavy atom. The van der Waals surface area contributed by atoms with Crippen LogP contribution in [0, 0.1) is 5.41 Å². The smallest absolute Gasteiger partial charge is 0.154 e. The van der Waals surface area contributed by atoms with Crippen molar-refractivity contribution in [3.8, 4) is 17.1 Å². The van der Waals surface area contributed by atoms with Crippen molar-refractivity contribution in [2.45, 2.75) is 46.6 Å². The van der Waals surface area contributed by atoms with E-state index < -0.39 is 0 Å². The Hall–Kier alpha value is -2.96. The summed E-state index contributed by atoms with van der Waals surface area (Å²) in [6.07, 6.45) is 5.09. The Morgan fingerprint density at radius 3 is 2.62 bits per heavy atom. The van der Waals surface area contributed by atoms with Gasteiger partial charge in [-0.05, 0) is 54.7 Å². The molecule has 0 spiro atoms. The van der Waals surface area contributed by atoms with E-state index in [9.17, 15) is 5.11 Å². The van der Waals surface area contributed by atoms with Crippen LogP contribution in [0.25, 0.3) is 28.0 Å². The molecule has 0 saturated heterocycles. The average Bonchev–Trinajstić information content (AvgIpc) is 3.30. The molecule has 6 nitrogen and oxygen atoms in total. The first-order chi connectivity index (χ1) is 16.4. The maximum absolute atomic E-state index is 9.55. The van der Waals surface area contributed by atoms with Gasteiger partial charge in [0, 0.05) is 34.8 Å². The molecule has 178 valence electrons. The van der Waals surface area contributed by atoms with Gasteiger partial charge < -0.3 is 10.4 Å². The summed E-state index contributed by atoms with van der Waals surface area (Å²) in [4.78, 5) is 9.50. The van der Waals surface area contributed by atoms with E-state index in [0.29, 0.717) is 17.4 Å². The molecule has 0 saturated carbocycles. The number of benzene rings is 1. The van der Waals surface area contributed by atoms with Crippen LogP contribution in [-0.4, -0.2) is 37.3 Å². The molecule has 0 atom stereocenters. The number of aryl methyl sites for hydroxylation is 1. The van der Waals surface area contributed by atoms with Crippen LogP contribution in [0.3, 0.4) is 0 Å². The van der Waals surface area contributed by atoms with E-state index in [2.05, 4.69) is 66.5 Å². The third kappa shape index (κ3) is 5.40. The summed E-state index contributed by atoms with van der Waals surface area (Å²) in [5.41, 5.74) is 5.49. The fourth-order valence-electron chi connectivity index (χ4n) is 3.80. The quantitative estimate of drug-likeness (QED) is 0.274. The Bertz CT molecular complexity index is 1270. The summed E-state index contributed by atoms with van der Waals surface area (Å²) < 4.78 is 1.82. The number of alkyl halides is 1. The van der Waals surface area contributed by atoms with E-state index >= 15 is 0 Å². The van der Waals surface area contributed by atoms with Crippen molar-refractivity contribution < 1.29 is 5.11 Å². The van der Waals surface area contributed by atoms with Crippen molar-refractivity contribution in [1.82, 2.24) is 19.7 Å². The molecule has 0 fully saturated rings. The van der Waals surface area contributed by atoms with Gasteiger partial charge in [-0.3, -0.25) is 4.98 Å². The first-order valence-electron chi connectivity index (χ1n) is 11.8. The first-order valence-corrected chi connectivity index (χ1v) is 12.3. The number of rotatable bonds is 10. The summed E-state index contributed by atoms with van der Waals surface area (Å²) in [6, 6.07) is 16.0. The molecule has 0 radical (unpaired) electrons. The molecule has 4 rings (SSSR count). The number of pyridine rings is 2. The number of halogens is 1. The fraction of sp³-hybridized carbons (Fsp3) is 0.370. The maximum Gasteiger partial charge on any atom is 0.154 e. The number of aliphatic hydroxyl groups is 1. The molecule has 3 aromatic heterocycles. The minimum Gasteiger partial charge on any atom is -0.390 e. The van der Waals surface area contributed by atoms with Gasteiger partial charge in [-0.2, -0.15) is 5.10 Å². The summed E-state index contributed by atoms with van der Waals surface area (Å²) in [6.45, 7) is 7.08. The second-order valence-corrected chi connectivity index (χ2v) is 9.69. The average molecular weight is 478 g/mol. The SMILES string of the molecule is CCCCc1cccc(-c2cc(NCC(C)(C)CCl)c3cnn(-c4cccc(CO)n4)c3c2)n1. The molecule has 0 bridgehead atoms. The summed E-state index contributed by atoms with van der Waals surface area (Å²) in [5, 5.41) is 18.8. The van der Waals surface area contributed by atoms with Crippen LogP contribution in [-0.2, 0) is 13.0 Å². The van der Waals surface area contributed by atoms with Gasteiger partial charge in [-0.1, -0.05) is 39.3 Å². The van der Waals surface area contributed by atoms with Crippen molar-refractivity contribution in [2.75, 3.05) is 17.7 Å². The lowest BCUT2D eigenvalue weighted by molar-refractivity contribution is 0.276. The van der Waals surface area contributed by atoms with Crippen LogP contribution in [0.15, 0.2) is 54.7 Å². The maximum atomic E-state index is 9.55. The van der Waals surface area contributed by atoms with Gasteiger partial charge in [-0.25, -0.2) is 9.67 Å². The lowest BCUT2D eigenvalue weighted by atomic mass is 9.96. The fourth-order valence-corrected chi connectivity index (χ4v) is 3.89. The number of unbranched alkanes of at least 4 members (excludes halogenated alkanes) is 1. The van der Waals surface area contributed by atoms with Gasteiger partial charge in [0.05, 0.1) is 29.7 Å². The number of aliphatic hydroxyl groups excluding tert-OH is 1. The molecule has 0 unspecified atom stereocenters. The molecule has 0 aliphatic rings. The van der Waals surface area contributed by atoms with Gasteiger partial charge in [0.2, 0.25) is 0 Å². The third-order valence-corrected chi connectivity index (χ3v) is 6.59. The van der Waals surface area contributed by atoms with E-state index in [0.717, 1.165) is 59.3 Å². The highest BCUT2D eigenvalue weighted by Gasteiger charge is 2.19. The summed E-state index contributed by atoms with van der Waals surface area (Å²) in [7, 11) is 0. The van der Waals surface area contributed by atoms with Crippen LogP contribution in [0.2, 0.25) is 0 Å².